The van der Waals surface area contributed by atoms with Crippen molar-refractivity contribution in [2.75, 3.05) is 19.7 Å². The van der Waals surface area contributed by atoms with Gasteiger partial charge in [0.2, 0.25) is 0 Å². The number of carbonyl (C=O) groups is 2. The summed E-state index contributed by atoms with van der Waals surface area (Å²) in [5.74, 6) is 0.499. The zero-order chi connectivity index (χ0) is 28.9. The number of piperidine rings is 1. The number of carboxylic acid groups (broad SMARTS) is 1. The topological polar surface area (TPSA) is 66.8 Å². The molecule has 2 saturated carbocycles. The lowest BCUT2D eigenvalue weighted by atomic mass is 9.93. The van der Waals surface area contributed by atoms with Crippen LogP contribution >= 0.6 is 11.6 Å². The van der Waals surface area contributed by atoms with E-state index in [0.29, 0.717) is 35.4 Å². The Labute approximate surface area is 236 Å². The standard InChI is InChI=1S/C29H32ClF4NO2.CH2O2/c30-25-8-7-22(29(32,33)34)13-21(25)16-35-11-9-18(10-12-35)17-37-27-15-26(31)24(14-23(27)19-5-6-19)28(36)20-3-1-2-4-20;2-1-3/h7-8,13-15,18-20H,1-6,9-12,16-17H2;1H,(H,2,3). The Morgan fingerprint density at radius 2 is 1.70 bits per heavy atom. The average molecular weight is 584 g/mol. The SMILES string of the molecule is O=C(c1cc(C2CC2)c(OCC2CCN(Cc3cc(C(F)(F)F)ccc3Cl)CC2)cc1F)C1CCCC1.O=CO. The molecule has 218 valence electrons. The second-order valence-corrected chi connectivity index (χ2v) is 11.3. The normalized spacial score (nSPS) is 18.7. The Kier molecular flexibility index (Phi) is 10.1. The van der Waals surface area contributed by atoms with Crippen LogP contribution in [-0.4, -0.2) is 42.0 Å². The third-order valence-electron chi connectivity index (χ3n) is 8.06. The van der Waals surface area contributed by atoms with Gasteiger partial charge in [-0.3, -0.25) is 14.5 Å². The first-order valence-corrected chi connectivity index (χ1v) is 14.1. The number of ketones is 1. The quantitative estimate of drug-likeness (QED) is 0.196. The number of ether oxygens (including phenoxy) is 1. The van der Waals surface area contributed by atoms with Crippen LogP contribution in [0.25, 0.3) is 0 Å². The minimum Gasteiger partial charge on any atom is -0.493 e. The molecule has 5 rings (SSSR count). The van der Waals surface area contributed by atoms with Gasteiger partial charge in [0.15, 0.2) is 5.78 Å². The highest BCUT2D eigenvalue weighted by atomic mass is 35.5. The van der Waals surface area contributed by atoms with Crippen LogP contribution in [0.3, 0.4) is 0 Å². The molecule has 1 saturated heterocycles. The van der Waals surface area contributed by atoms with E-state index in [1.54, 1.807) is 6.07 Å². The Balaban J connectivity index is 0.00000118. The van der Waals surface area contributed by atoms with E-state index >= 15 is 0 Å². The molecule has 10 heteroatoms. The Hall–Kier alpha value is -2.65. The van der Waals surface area contributed by atoms with Gasteiger partial charge < -0.3 is 9.84 Å². The largest absolute Gasteiger partial charge is 0.493 e. The van der Waals surface area contributed by atoms with Crippen molar-refractivity contribution in [3.63, 3.8) is 0 Å². The summed E-state index contributed by atoms with van der Waals surface area (Å²) in [5.41, 5.74) is 0.940. The van der Waals surface area contributed by atoms with Gasteiger partial charge in [-0.1, -0.05) is 24.4 Å². The first kappa shape index (κ1) is 30.3. The second-order valence-electron chi connectivity index (χ2n) is 10.9. The maximum Gasteiger partial charge on any atom is 0.416 e. The van der Waals surface area contributed by atoms with Gasteiger partial charge in [0.05, 0.1) is 17.7 Å². The molecule has 0 bridgehead atoms. The van der Waals surface area contributed by atoms with Crippen molar-refractivity contribution in [2.24, 2.45) is 11.8 Å². The van der Waals surface area contributed by atoms with E-state index in [9.17, 15) is 22.4 Å². The maximum absolute atomic E-state index is 15.0. The van der Waals surface area contributed by atoms with Crippen molar-refractivity contribution >= 4 is 23.9 Å². The predicted octanol–water partition coefficient (Wildman–Crippen LogP) is 7.74. The Bertz CT molecular complexity index is 1190. The number of benzene rings is 2. The van der Waals surface area contributed by atoms with E-state index in [2.05, 4.69) is 4.90 Å². The highest BCUT2D eigenvalue weighted by molar-refractivity contribution is 6.31. The minimum absolute atomic E-state index is 0.0654. The van der Waals surface area contributed by atoms with Gasteiger partial charge in [0.1, 0.15) is 11.6 Å². The first-order chi connectivity index (χ1) is 19.1. The summed E-state index contributed by atoms with van der Waals surface area (Å²) >= 11 is 6.17. The van der Waals surface area contributed by atoms with Crippen LogP contribution in [0, 0.1) is 17.7 Å². The fourth-order valence-corrected chi connectivity index (χ4v) is 5.82. The number of likely N-dealkylation sites (tertiary alicyclic amines) is 1. The van der Waals surface area contributed by atoms with E-state index in [1.807, 2.05) is 0 Å². The van der Waals surface area contributed by atoms with Gasteiger partial charge in [0.25, 0.3) is 6.47 Å². The smallest absolute Gasteiger partial charge is 0.416 e. The first-order valence-electron chi connectivity index (χ1n) is 13.8. The third kappa shape index (κ3) is 7.75. The van der Waals surface area contributed by atoms with E-state index in [-0.39, 0.29) is 29.7 Å². The molecule has 3 aliphatic rings. The van der Waals surface area contributed by atoms with Crippen LogP contribution in [0.5, 0.6) is 5.75 Å². The number of alkyl halides is 3. The number of carbonyl (C=O) groups excluding carboxylic acids is 1. The van der Waals surface area contributed by atoms with E-state index in [0.717, 1.165) is 82.2 Å². The Morgan fingerprint density at radius 3 is 2.30 bits per heavy atom. The van der Waals surface area contributed by atoms with Gasteiger partial charge in [-0.15, -0.1) is 0 Å². The van der Waals surface area contributed by atoms with Gasteiger partial charge in [-0.2, -0.15) is 13.2 Å². The molecule has 0 radical (unpaired) electrons. The second kappa shape index (κ2) is 13.3. The van der Waals surface area contributed by atoms with Crippen LogP contribution in [0.15, 0.2) is 30.3 Å². The van der Waals surface area contributed by atoms with Crippen molar-refractivity contribution in [1.82, 2.24) is 4.90 Å². The lowest BCUT2D eigenvalue weighted by Gasteiger charge is -2.32. The minimum atomic E-state index is -4.40. The van der Waals surface area contributed by atoms with Crippen molar-refractivity contribution in [2.45, 2.75) is 70.0 Å². The summed E-state index contributed by atoms with van der Waals surface area (Å²) in [6.07, 6.45) is 3.05. The molecule has 1 N–H and O–H groups in total. The lowest BCUT2D eigenvalue weighted by molar-refractivity contribution is -0.137. The molecular formula is C30H34ClF4NO4. The average Bonchev–Trinajstić information content (AvgIpc) is 3.61. The summed E-state index contributed by atoms with van der Waals surface area (Å²) in [7, 11) is 0. The fraction of sp³-hybridized carbons (Fsp3) is 0.533. The number of halogens is 5. The zero-order valence-corrected chi connectivity index (χ0v) is 22.9. The summed E-state index contributed by atoms with van der Waals surface area (Å²) in [6.45, 7) is 2.01. The molecule has 5 nitrogen and oxygen atoms in total. The van der Waals surface area contributed by atoms with Gasteiger partial charge >= 0.3 is 6.18 Å². The third-order valence-corrected chi connectivity index (χ3v) is 8.43. The molecule has 1 heterocycles. The van der Waals surface area contributed by atoms with Crippen molar-refractivity contribution in [3.05, 3.63) is 63.4 Å². The van der Waals surface area contributed by atoms with E-state index in [1.165, 1.54) is 12.1 Å². The van der Waals surface area contributed by atoms with Gasteiger partial charge in [0, 0.05) is 23.6 Å². The molecule has 40 heavy (non-hydrogen) atoms. The highest BCUT2D eigenvalue weighted by Gasteiger charge is 2.33. The molecule has 0 aromatic heterocycles. The molecule has 1 aliphatic heterocycles. The molecule has 2 aromatic rings. The van der Waals surface area contributed by atoms with Gasteiger partial charge in [-0.25, -0.2) is 4.39 Å². The molecule has 0 unspecified atom stereocenters. The van der Waals surface area contributed by atoms with Crippen LogP contribution in [0.4, 0.5) is 17.6 Å². The predicted molar refractivity (Wildman–Crippen MR) is 143 cm³/mol. The summed E-state index contributed by atoms with van der Waals surface area (Å²) in [5, 5.41) is 7.22. The summed E-state index contributed by atoms with van der Waals surface area (Å²) in [6, 6.07) is 6.59. The maximum atomic E-state index is 15.0. The number of Topliss-reactive ketones (excluding diaryl/α,β-unsaturated/α-hetero) is 1. The summed E-state index contributed by atoms with van der Waals surface area (Å²) in [4.78, 5) is 23.3. The molecule has 2 aromatic carbocycles. The monoisotopic (exact) mass is 583 g/mol. The van der Waals surface area contributed by atoms with E-state index in [4.69, 9.17) is 26.2 Å². The highest BCUT2D eigenvalue weighted by Crippen LogP contribution is 2.46. The molecule has 0 amide bonds. The lowest BCUT2D eigenvalue weighted by Crippen LogP contribution is -2.35. The Morgan fingerprint density at radius 1 is 1.05 bits per heavy atom. The number of rotatable bonds is 8. The van der Waals surface area contributed by atoms with Crippen LogP contribution in [-0.2, 0) is 17.5 Å². The van der Waals surface area contributed by atoms with Gasteiger partial charge in [-0.05, 0) is 98.8 Å². The van der Waals surface area contributed by atoms with Crippen molar-refractivity contribution < 1.29 is 37.0 Å². The van der Waals surface area contributed by atoms with Crippen LogP contribution in [0.2, 0.25) is 5.02 Å². The van der Waals surface area contributed by atoms with E-state index < -0.39 is 17.6 Å². The molecular weight excluding hydrogens is 550 g/mol. The number of hydrogen-bond donors (Lipinski definition) is 1. The molecule has 2 aliphatic carbocycles. The zero-order valence-electron chi connectivity index (χ0n) is 22.2. The molecule has 0 atom stereocenters. The fourth-order valence-electron chi connectivity index (χ4n) is 5.64. The molecule has 0 spiro atoms. The molecule has 3 fully saturated rings. The van der Waals surface area contributed by atoms with Crippen molar-refractivity contribution in [3.8, 4) is 5.75 Å². The van der Waals surface area contributed by atoms with Crippen LogP contribution < -0.4 is 4.74 Å². The number of hydrogen-bond acceptors (Lipinski definition) is 4. The number of nitrogens with zero attached hydrogens (tertiary/aromatic N) is 1. The van der Waals surface area contributed by atoms with Crippen LogP contribution in [0.1, 0.15) is 84.3 Å². The van der Waals surface area contributed by atoms with Crippen molar-refractivity contribution in [1.29, 1.82) is 0 Å². The summed E-state index contributed by atoms with van der Waals surface area (Å²) < 4.78 is 60.4.